The van der Waals surface area contributed by atoms with Crippen LogP contribution in [0.3, 0.4) is 0 Å². The highest BCUT2D eigenvalue weighted by molar-refractivity contribution is 6.06. The SMILES string of the molecule is O=C(Nc1ccc2c3c(cccc13)CC2)C1CC(=O)N(CCN2CCOCC2)C1. The van der Waals surface area contributed by atoms with Gasteiger partial charge in [0.1, 0.15) is 0 Å². The van der Waals surface area contributed by atoms with Crippen molar-refractivity contribution in [3.05, 3.63) is 41.5 Å². The predicted molar refractivity (Wildman–Crippen MR) is 112 cm³/mol. The van der Waals surface area contributed by atoms with Gasteiger partial charge in [0.15, 0.2) is 0 Å². The molecule has 3 aliphatic rings. The second-order valence-electron chi connectivity index (χ2n) is 8.30. The molecule has 1 unspecified atom stereocenters. The van der Waals surface area contributed by atoms with Crippen LogP contribution in [0.25, 0.3) is 10.8 Å². The van der Waals surface area contributed by atoms with E-state index in [0.717, 1.165) is 56.8 Å². The molecule has 1 atom stereocenters. The van der Waals surface area contributed by atoms with Crippen LogP contribution in [-0.2, 0) is 27.2 Å². The minimum Gasteiger partial charge on any atom is -0.379 e. The third-order valence-corrected chi connectivity index (χ3v) is 6.51. The lowest BCUT2D eigenvalue weighted by Gasteiger charge is -2.28. The van der Waals surface area contributed by atoms with E-state index in [2.05, 4.69) is 34.5 Å². The molecule has 6 heteroatoms. The lowest BCUT2D eigenvalue weighted by molar-refractivity contribution is -0.128. The van der Waals surface area contributed by atoms with E-state index in [1.807, 2.05) is 11.0 Å². The van der Waals surface area contributed by atoms with Crippen molar-refractivity contribution in [3.63, 3.8) is 0 Å². The minimum absolute atomic E-state index is 0.0501. The zero-order valence-corrected chi connectivity index (χ0v) is 16.7. The highest BCUT2D eigenvalue weighted by Crippen LogP contribution is 2.35. The Labute approximate surface area is 170 Å². The van der Waals surface area contributed by atoms with Crippen LogP contribution in [0.1, 0.15) is 17.5 Å². The summed E-state index contributed by atoms with van der Waals surface area (Å²) in [5.74, 6) is -0.250. The average Bonchev–Trinajstić information content (AvgIpc) is 3.34. The molecule has 1 N–H and O–H groups in total. The molecular weight excluding hydrogens is 366 g/mol. The Morgan fingerprint density at radius 2 is 1.86 bits per heavy atom. The number of nitrogens with one attached hydrogen (secondary N) is 1. The molecule has 0 bridgehead atoms. The maximum absolute atomic E-state index is 12.9. The summed E-state index contributed by atoms with van der Waals surface area (Å²) in [6.07, 6.45) is 2.44. The number of aryl methyl sites for hydroxylation is 2. The molecular formula is C23H27N3O3. The molecule has 0 aromatic heterocycles. The largest absolute Gasteiger partial charge is 0.379 e. The summed E-state index contributed by atoms with van der Waals surface area (Å²) in [5.41, 5.74) is 3.58. The quantitative estimate of drug-likeness (QED) is 0.845. The fraction of sp³-hybridized carbons (Fsp3) is 0.478. The fourth-order valence-electron chi connectivity index (χ4n) is 4.84. The van der Waals surface area contributed by atoms with E-state index in [9.17, 15) is 9.59 Å². The molecule has 0 radical (unpaired) electrons. The smallest absolute Gasteiger partial charge is 0.229 e. The highest BCUT2D eigenvalue weighted by Gasteiger charge is 2.34. The number of carbonyl (C=O) groups excluding carboxylic acids is 2. The van der Waals surface area contributed by atoms with Crippen molar-refractivity contribution in [1.29, 1.82) is 0 Å². The molecule has 2 heterocycles. The van der Waals surface area contributed by atoms with Gasteiger partial charge < -0.3 is 15.0 Å². The Hall–Kier alpha value is -2.44. The molecule has 2 amide bonds. The Balaban J connectivity index is 1.24. The summed E-state index contributed by atoms with van der Waals surface area (Å²) >= 11 is 0. The van der Waals surface area contributed by atoms with Gasteiger partial charge >= 0.3 is 0 Å². The lowest BCUT2D eigenvalue weighted by Crippen LogP contribution is -2.42. The van der Waals surface area contributed by atoms with Crippen LogP contribution < -0.4 is 5.32 Å². The van der Waals surface area contributed by atoms with Crippen LogP contribution in [0.4, 0.5) is 5.69 Å². The maximum atomic E-state index is 12.9. The molecule has 1 aliphatic carbocycles. The summed E-state index contributed by atoms with van der Waals surface area (Å²) in [7, 11) is 0. The van der Waals surface area contributed by atoms with Gasteiger partial charge in [-0.3, -0.25) is 14.5 Å². The molecule has 2 aliphatic heterocycles. The molecule has 0 spiro atoms. The number of hydrogen-bond donors (Lipinski definition) is 1. The van der Waals surface area contributed by atoms with Crippen LogP contribution in [0.15, 0.2) is 30.3 Å². The van der Waals surface area contributed by atoms with Crippen molar-refractivity contribution in [2.45, 2.75) is 19.3 Å². The van der Waals surface area contributed by atoms with Crippen molar-refractivity contribution < 1.29 is 14.3 Å². The Kier molecular flexibility index (Phi) is 4.97. The summed E-state index contributed by atoms with van der Waals surface area (Å²) in [6, 6.07) is 10.5. The average molecular weight is 393 g/mol. The fourth-order valence-corrected chi connectivity index (χ4v) is 4.84. The Bertz CT molecular complexity index is 942. The highest BCUT2D eigenvalue weighted by atomic mass is 16.5. The second kappa shape index (κ2) is 7.76. The maximum Gasteiger partial charge on any atom is 0.229 e. The van der Waals surface area contributed by atoms with E-state index in [4.69, 9.17) is 4.74 Å². The molecule has 2 aromatic carbocycles. The first kappa shape index (κ1) is 18.6. The van der Waals surface area contributed by atoms with Gasteiger partial charge in [0.2, 0.25) is 11.8 Å². The van der Waals surface area contributed by atoms with E-state index < -0.39 is 0 Å². The molecule has 2 aromatic rings. The number of likely N-dealkylation sites (tertiary alicyclic amines) is 1. The van der Waals surface area contributed by atoms with E-state index >= 15 is 0 Å². The van der Waals surface area contributed by atoms with Crippen molar-refractivity contribution in [2.75, 3.05) is 51.3 Å². The summed E-state index contributed by atoms with van der Waals surface area (Å²) in [6.45, 7) is 5.38. The van der Waals surface area contributed by atoms with E-state index in [0.29, 0.717) is 19.5 Å². The van der Waals surface area contributed by atoms with E-state index in [-0.39, 0.29) is 17.7 Å². The number of carbonyl (C=O) groups is 2. The van der Waals surface area contributed by atoms with Crippen LogP contribution in [0, 0.1) is 5.92 Å². The molecule has 152 valence electrons. The Morgan fingerprint density at radius 1 is 1.07 bits per heavy atom. The van der Waals surface area contributed by atoms with Gasteiger partial charge in [-0.25, -0.2) is 0 Å². The molecule has 6 nitrogen and oxygen atoms in total. The number of nitrogens with zero attached hydrogens (tertiary/aromatic N) is 2. The molecule has 2 fully saturated rings. The zero-order valence-electron chi connectivity index (χ0n) is 16.7. The molecule has 2 saturated heterocycles. The normalized spacial score (nSPS) is 21.9. The van der Waals surface area contributed by atoms with E-state index in [1.165, 1.54) is 16.5 Å². The molecule has 0 saturated carbocycles. The van der Waals surface area contributed by atoms with Crippen molar-refractivity contribution >= 4 is 28.3 Å². The van der Waals surface area contributed by atoms with Gasteiger partial charge in [0.05, 0.1) is 19.1 Å². The zero-order chi connectivity index (χ0) is 19.8. The first-order valence-electron chi connectivity index (χ1n) is 10.6. The van der Waals surface area contributed by atoms with Gasteiger partial charge in [0.25, 0.3) is 0 Å². The first-order valence-corrected chi connectivity index (χ1v) is 10.6. The van der Waals surface area contributed by atoms with Crippen molar-refractivity contribution in [1.82, 2.24) is 9.80 Å². The van der Waals surface area contributed by atoms with Gasteiger partial charge in [0, 0.05) is 50.2 Å². The topological polar surface area (TPSA) is 61.9 Å². The first-order chi connectivity index (χ1) is 14.2. The van der Waals surface area contributed by atoms with Crippen LogP contribution in [0.2, 0.25) is 0 Å². The number of ether oxygens (including phenoxy) is 1. The number of hydrogen-bond acceptors (Lipinski definition) is 4. The second-order valence-corrected chi connectivity index (χ2v) is 8.30. The molecule has 5 rings (SSSR count). The number of morpholine rings is 1. The summed E-state index contributed by atoms with van der Waals surface area (Å²) < 4.78 is 5.37. The van der Waals surface area contributed by atoms with Crippen molar-refractivity contribution in [2.24, 2.45) is 5.92 Å². The standard InChI is InChI=1S/C23H27N3O3/c27-21-14-18(15-26(21)9-8-25-10-12-29-13-11-25)23(28)24-20-7-6-17-5-4-16-2-1-3-19(20)22(16)17/h1-3,6-7,18H,4-5,8-15H2,(H,24,28). The minimum atomic E-state index is -0.282. The van der Waals surface area contributed by atoms with Gasteiger partial charge in [-0.15, -0.1) is 0 Å². The van der Waals surface area contributed by atoms with Gasteiger partial charge in [-0.05, 0) is 35.4 Å². The monoisotopic (exact) mass is 393 g/mol. The third kappa shape index (κ3) is 3.63. The Morgan fingerprint density at radius 3 is 2.69 bits per heavy atom. The van der Waals surface area contributed by atoms with Crippen LogP contribution in [0.5, 0.6) is 0 Å². The number of amides is 2. The van der Waals surface area contributed by atoms with Crippen LogP contribution >= 0.6 is 0 Å². The van der Waals surface area contributed by atoms with Crippen LogP contribution in [-0.4, -0.2) is 67.6 Å². The number of anilines is 1. The number of rotatable bonds is 5. The van der Waals surface area contributed by atoms with Gasteiger partial charge in [-0.2, -0.15) is 0 Å². The predicted octanol–water partition coefficient (Wildman–Crippen LogP) is 2.06. The lowest BCUT2D eigenvalue weighted by atomic mass is 10.0. The summed E-state index contributed by atoms with van der Waals surface area (Å²) in [4.78, 5) is 29.5. The summed E-state index contributed by atoms with van der Waals surface area (Å²) in [5, 5.41) is 5.51. The number of benzene rings is 2. The molecule has 29 heavy (non-hydrogen) atoms. The van der Waals surface area contributed by atoms with Crippen molar-refractivity contribution in [3.8, 4) is 0 Å². The third-order valence-electron chi connectivity index (χ3n) is 6.51. The van der Waals surface area contributed by atoms with E-state index in [1.54, 1.807) is 0 Å². The van der Waals surface area contributed by atoms with Gasteiger partial charge in [-0.1, -0.05) is 24.3 Å².